The lowest BCUT2D eigenvalue weighted by atomic mass is 10.0. The van der Waals surface area contributed by atoms with Gasteiger partial charge in [-0.1, -0.05) is 42.5 Å². The van der Waals surface area contributed by atoms with Crippen molar-refractivity contribution < 1.29 is 9.18 Å². The van der Waals surface area contributed by atoms with E-state index in [1.807, 2.05) is 37.3 Å². The van der Waals surface area contributed by atoms with Crippen LogP contribution in [0.3, 0.4) is 0 Å². The first-order valence-electron chi connectivity index (χ1n) is 9.08. The number of thiophene rings is 1. The fraction of sp³-hybridized carbons (Fsp3) is 0.136. The molecule has 0 radical (unpaired) electrons. The Hall–Kier alpha value is -3.32. The number of carbonyl (C=O) groups is 1. The zero-order chi connectivity index (χ0) is 20.4. The van der Waals surface area contributed by atoms with Gasteiger partial charge < -0.3 is 5.32 Å². The van der Waals surface area contributed by atoms with E-state index in [1.54, 1.807) is 12.1 Å². The number of benzene rings is 2. The molecule has 0 bridgehead atoms. The lowest BCUT2D eigenvalue weighted by Crippen LogP contribution is -2.32. The van der Waals surface area contributed by atoms with Gasteiger partial charge in [-0.05, 0) is 30.2 Å². The van der Waals surface area contributed by atoms with Crippen molar-refractivity contribution in [3.8, 4) is 11.1 Å². The van der Waals surface area contributed by atoms with Crippen molar-refractivity contribution in [2.45, 2.75) is 20.0 Å². The predicted molar refractivity (Wildman–Crippen MR) is 112 cm³/mol. The monoisotopic (exact) mass is 407 g/mol. The van der Waals surface area contributed by atoms with Crippen LogP contribution in [0.25, 0.3) is 21.3 Å². The molecule has 0 atom stereocenters. The molecule has 2 aromatic carbocycles. The zero-order valence-corrected chi connectivity index (χ0v) is 16.5. The highest BCUT2D eigenvalue weighted by molar-refractivity contribution is 7.19. The van der Waals surface area contributed by atoms with E-state index in [9.17, 15) is 14.0 Å². The molecule has 0 aliphatic heterocycles. The number of aromatic nitrogens is 2. The Morgan fingerprint density at radius 1 is 1.14 bits per heavy atom. The highest BCUT2D eigenvalue weighted by Crippen LogP contribution is 2.35. The van der Waals surface area contributed by atoms with E-state index in [-0.39, 0.29) is 23.8 Å². The van der Waals surface area contributed by atoms with Crippen LogP contribution in [0, 0.1) is 12.7 Å². The predicted octanol–water partition coefficient (Wildman–Crippen LogP) is 3.89. The Morgan fingerprint density at radius 3 is 2.59 bits per heavy atom. The summed E-state index contributed by atoms with van der Waals surface area (Å²) in [7, 11) is 0. The second-order valence-electron chi connectivity index (χ2n) is 6.66. The van der Waals surface area contributed by atoms with E-state index in [0.29, 0.717) is 16.8 Å². The van der Waals surface area contributed by atoms with Crippen LogP contribution in [0.1, 0.15) is 10.4 Å². The summed E-state index contributed by atoms with van der Waals surface area (Å²) in [6.45, 7) is 2.18. The third-order valence-electron chi connectivity index (χ3n) is 4.63. The summed E-state index contributed by atoms with van der Waals surface area (Å²) in [5.41, 5.74) is 2.18. The average Bonchev–Trinajstić information content (AvgIpc) is 3.07. The minimum Gasteiger partial charge on any atom is -0.350 e. The molecule has 7 heteroatoms. The Bertz CT molecular complexity index is 1230. The smallest absolute Gasteiger partial charge is 0.263 e. The molecule has 0 saturated carbocycles. The van der Waals surface area contributed by atoms with Crippen molar-refractivity contribution in [2.75, 3.05) is 0 Å². The van der Waals surface area contributed by atoms with Gasteiger partial charge in [-0.25, -0.2) is 9.37 Å². The minimum atomic E-state index is -0.337. The lowest BCUT2D eigenvalue weighted by molar-refractivity contribution is -0.121. The number of hydrogen-bond acceptors (Lipinski definition) is 4. The number of carbonyl (C=O) groups excluding carboxylic acids is 1. The Labute approximate surface area is 170 Å². The average molecular weight is 407 g/mol. The molecule has 0 unspecified atom stereocenters. The molecule has 146 valence electrons. The quantitative estimate of drug-likeness (QED) is 0.546. The maximum Gasteiger partial charge on any atom is 0.263 e. The van der Waals surface area contributed by atoms with Crippen molar-refractivity contribution in [3.05, 3.63) is 87.5 Å². The number of nitrogens with zero attached hydrogens (tertiary/aromatic N) is 2. The summed E-state index contributed by atoms with van der Waals surface area (Å²) in [5, 5.41) is 3.27. The van der Waals surface area contributed by atoms with Gasteiger partial charge >= 0.3 is 0 Å². The first-order valence-corrected chi connectivity index (χ1v) is 9.89. The van der Waals surface area contributed by atoms with Gasteiger partial charge in [0.1, 0.15) is 17.2 Å². The summed E-state index contributed by atoms with van der Waals surface area (Å²) in [4.78, 5) is 31.3. The van der Waals surface area contributed by atoms with Crippen LogP contribution in [0.2, 0.25) is 0 Å². The second kappa shape index (κ2) is 7.97. The summed E-state index contributed by atoms with van der Waals surface area (Å²) >= 11 is 1.41. The summed E-state index contributed by atoms with van der Waals surface area (Å²) in [5.74, 6) is -0.607. The fourth-order valence-electron chi connectivity index (χ4n) is 3.22. The first kappa shape index (κ1) is 19.0. The van der Waals surface area contributed by atoms with Gasteiger partial charge in [0, 0.05) is 17.0 Å². The molecule has 4 aromatic rings. The van der Waals surface area contributed by atoms with Crippen molar-refractivity contribution in [2.24, 2.45) is 0 Å². The van der Waals surface area contributed by atoms with Gasteiger partial charge in [0.15, 0.2) is 0 Å². The molecule has 4 rings (SSSR count). The van der Waals surface area contributed by atoms with Gasteiger partial charge in [-0.3, -0.25) is 14.2 Å². The molecule has 2 heterocycles. The maximum atomic E-state index is 13.3. The molecule has 1 amide bonds. The van der Waals surface area contributed by atoms with E-state index in [1.165, 1.54) is 34.4 Å². The largest absolute Gasteiger partial charge is 0.350 e. The van der Waals surface area contributed by atoms with Crippen LogP contribution in [0.5, 0.6) is 0 Å². The summed E-state index contributed by atoms with van der Waals surface area (Å²) < 4.78 is 14.6. The van der Waals surface area contributed by atoms with Gasteiger partial charge in [0.05, 0.1) is 11.7 Å². The Kier molecular flexibility index (Phi) is 5.22. The second-order valence-corrected chi connectivity index (χ2v) is 7.86. The van der Waals surface area contributed by atoms with E-state index >= 15 is 0 Å². The highest BCUT2D eigenvalue weighted by atomic mass is 32.1. The number of fused-ring (bicyclic) bond motifs is 1. The standard InChI is InChI=1S/C22H18FN3O2S/c1-14-19(16-7-9-17(23)10-8-16)20-21(29-14)25-13-26(22(20)28)12-18(27)24-11-15-5-3-2-4-6-15/h2-10,13H,11-12H2,1H3,(H,24,27). The van der Waals surface area contributed by atoms with E-state index in [2.05, 4.69) is 10.3 Å². The molecular weight excluding hydrogens is 389 g/mol. The maximum absolute atomic E-state index is 13.3. The SMILES string of the molecule is Cc1sc2ncn(CC(=O)NCc3ccccc3)c(=O)c2c1-c1ccc(F)cc1. The first-order chi connectivity index (χ1) is 14.0. The third kappa shape index (κ3) is 3.95. The highest BCUT2D eigenvalue weighted by Gasteiger charge is 2.17. The molecule has 1 N–H and O–H groups in total. The van der Waals surface area contributed by atoms with E-state index < -0.39 is 0 Å². The Balaban J connectivity index is 1.63. The fourth-order valence-corrected chi connectivity index (χ4v) is 4.22. The van der Waals surface area contributed by atoms with Crippen molar-refractivity contribution in [1.82, 2.24) is 14.9 Å². The minimum absolute atomic E-state index is 0.119. The number of halogens is 1. The third-order valence-corrected chi connectivity index (χ3v) is 5.65. The molecule has 0 aliphatic carbocycles. The lowest BCUT2D eigenvalue weighted by Gasteiger charge is -2.08. The molecule has 0 aliphatic rings. The van der Waals surface area contributed by atoms with Crippen LogP contribution in [-0.2, 0) is 17.9 Å². The Morgan fingerprint density at radius 2 is 1.86 bits per heavy atom. The van der Waals surface area contributed by atoms with Gasteiger partial charge in [-0.15, -0.1) is 11.3 Å². The van der Waals surface area contributed by atoms with Crippen molar-refractivity contribution >= 4 is 27.5 Å². The van der Waals surface area contributed by atoms with Crippen LogP contribution in [-0.4, -0.2) is 15.5 Å². The van der Waals surface area contributed by atoms with Crippen LogP contribution in [0.15, 0.2) is 65.7 Å². The molecule has 0 spiro atoms. The van der Waals surface area contributed by atoms with E-state index in [0.717, 1.165) is 21.6 Å². The summed E-state index contributed by atoms with van der Waals surface area (Å²) in [6, 6.07) is 15.6. The molecule has 0 fully saturated rings. The van der Waals surface area contributed by atoms with Crippen LogP contribution < -0.4 is 10.9 Å². The number of rotatable bonds is 5. The zero-order valence-electron chi connectivity index (χ0n) is 15.7. The van der Waals surface area contributed by atoms with Crippen molar-refractivity contribution in [1.29, 1.82) is 0 Å². The normalized spacial score (nSPS) is 11.0. The van der Waals surface area contributed by atoms with Gasteiger partial charge in [0.2, 0.25) is 5.91 Å². The van der Waals surface area contributed by atoms with Gasteiger partial charge in [0.25, 0.3) is 5.56 Å². The number of amides is 1. The number of aryl methyl sites for hydroxylation is 1. The molecule has 0 saturated heterocycles. The number of hydrogen-bond donors (Lipinski definition) is 1. The van der Waals surface area contributed by atoms with Crippen LogP contribution >= 0.6 is 11.3 Å². The van der Waals surface area contributed by atoms with Gasteiger partial charge in [-0.2, -0.15) is 0 Å². The molecule has 29 heavy (non-hydrogen) atoms. The summed E-state index contributed by atoms with van der Waals surface area (Å²) in [6.07, 6.45) is 1.40. The van der Waals surface area contributed by atoms with Crippen LogP contribution in [0.4, 0.5) is 4.39 Å². The topological polar surface area (TPSA) is 64.0 Å². The number of nitrogens with one attached hydrogen (secondary N) is 1. The van der Waals surface area contributed by atoms with E-state index in [4.69, 9.17) is 0 Å². The molecular formula is C22H18FN3O2S. The molecule has 5 nitrogen and oxygen atoms in total. The van der Waals surface area contributed by atoms with Crippen molar-refractivity contribution in [3.63, 3.8) is 0 Å². The molecule has 2 aromatic heterocycles.